The van der Waals surface area contributed by atoms with E-state index in [4.69, 9.17) is 4.74 Å². The van der Waals surface area contributed by atoms with Crippen LogP contribution >= 0.6 is 0 Å². The van der Waals surface area contributed by atoms with E-state index >= 15 is 0 Å². The van der Waals surface area contributed by atoms with Gasteiger partial charge in [-0.05, 0) is 33.1 Å². The summed E-state index contributed by atoms with van der Waals surface area (Å²) in [7, 11) is 0. The molecule has 0 aromatic carbocycles. The van der Waals surface area contributed by atoms with E-state index in [2.05, 4.69) is 35.6 Å². The molecule has 2 rings (SSSR count). The van der Waals surface area contributed by atoms with Crippen LogP contribution in [0.1, 0.15) is 40.0 Å². The van der Waals surface area contributed by atoms with Crippen LogP contribution < -0.4 is 5.32 Å². The van der Waals surface area contributed by atoms with Gasteiger partial charge in [0.15, 0.2) is 0 Å². The summed E-state index contributed by atoms with van der Waals surface area (Å²) in [4.78, 5) is 4.07. The number of nitrogens with one attached hydrogen (secondary N) is 1. The summed E-state index contributed by atoms with van der Waals surface area (Å²) in [5.74, 6) is 0. The van der Waals surface area contributed by atoms with Crippen molar-refractivity contribution in [3.05, 3.63) is 18.7 Å². The first-order chi connectivity index (χ1) is 8.61. The van der Waals surface area contributed by atoms with E-state index in [-0.39, 0.29) is 5.60 Å². The lowest BCUT2D eigenvalue weighted by molar-refractivity contribution is -0.0790. The fourth-order valence-electron chi connectivity index (χ4n) is 2.68. The first kappa shape index (κ1) is 13.6. The van der Waals surface area contributed by atoms with Crippen molar-refractivity contribution in [2.24, 2.45) is 0 Å². The van der Waals surface area contributed by atoms with Gasteiger partial charge in [-0.2, -0.15) is 0 Å². The predicted octanol–water partition coefficient (Wildman–Crippen LogP) is 2.21. The highest BCUT2D eigenvalue weighted by molar-refractivity contribution is 4.87. The van der Waals surface area contributed by atoms with Gasteiger partial charge in [-0.15, -0.1) is 0 Å². The van der Waals surface area contributed by atoms with Crippen molar-refractivity contribution in [1.29, 1.82) is 0 Å². The van der Waals surface area contributed by atoms with Crippen LogP contribution in [0.3, 0.4) is 0 Å². The molecule has 1 saturated heterocycles. The average molecular weight is 251 g/mol. The monoisotopic (exact) mass is 251 g/mol. The van der Waals surface area contributed by atoms with Gasteiger partial charge in [0.05, 0.1) is 11.9 Å². The summed E-state index contributed by atoms with van der Waals surface area (Å²) in [6, 6.07) is 1.03. The lowest BCUT2D eigenvalue weighted by atomic mass is 9.89. The van der Waals surface area contributed by atoms with Gasteiger partial charge in [0.2, 0.25) is 0 Å². The van der Waals surface area contributed by atoms with Gasteiger partial charge >= 0.3 is 0 Å². The lowest BCUT2D eigenvalue weighted by Gasteiger charge is -2.39. The number of nitrogens with zero attached hydrogens (tertiary/aromatic N) is 2. The Morgan fingerprint density at radius 1 is 1.61 bits per heavy atom. The Morgan fingerprint density at radius 3 is 3.11 bits per heavy atom. The van der Waals surface area contributed by atoms with Crippen molar-refractivity contribution in [2.45, 2.75) is 64.3 Å². The molecule has 1 fully saturated rings. The van der Waals surface area contributed by atoms with E-state index in [1.165, 1.54) is 0 Å². The van der Waals surface area contributed by atoms with Crippen LogP contribution in [0.5, 0.6) is 0 Å². The minimum atomic E-state index is 0.0602. The zero-order valence-corrected chi connectivity index (χ0v) is 11.7. The Labute approximate surface area is 110 Å². The Balaban J connectivity index is 1.81. The van der Waals surface area contributed by atoms with E-state index in [9.17, 15) is 0 Å². The molecular formula is C14H25N3O. The maximum Gasteiger partial charge on any atom is 0.0946 e. The molecule has 102 valence electrons. The number of ether oxygens (including phenoxy) is 1. The fourth-order valence-corrected chi connectivity index (χ4v) is 2.68. The van der Waals surface area contributed by atoms with E-state index < -0.39 is 0 Å². The van der Waals surface area contributed by atoms with Crippen LogP contribution in [-0.2, 0) is 11.3 Å². The molecule has 0 spiro atoms. The Hall–Kier alpha value is -0.870. The average Bonchev–Trinajstić information content (AvgIpc) is 2.81. The van der Waals surface area contributed by atoms with Gasteiger partial charge in [-0.3, -0.25) is 0 Å². The predicted molar refractivity (Wildman–Crippen MR) is 72.5 cm³/mol. The van der Waals surface area contributed by atoms with Gasteiger partial charge in [0.25, 0.3) is 0 Å². The second-order valence-electron chi connectivity index (χ2n) is 5.67. The lowest BCUT2D eigenvalue weighted by Crippen LogP contribution is -2.48. The van der Waals surface area contributed by atoms with Crippen LogP contribution in [0.25, 0.3) is 0 Å². The van der Waals surface area contributed by atoms with Crippen LogP contribution in [0.4, 0.5) is 0 Å². The summed E-state index contributed by atoms with van der Waals surface area (Å²) in [6.45, 7) is 8.51. The molecule has 3 unspecified atom stereocenters. The molecule has 3 atom stereocenters. The topological polar surface area (TPSA) is 39.1 Å². The SMILES string of the molecule is CCC1(C)CC(NC(C)Cn2ccnc2)CCO1. The van der Waals surface area contributed by atoms with Crippen molar-refractivity contribution in [2.75, 3.05) is 6.61 Å². The first-order valence-electron chi connectivity index (χ1n) is 6.97. The van der Waals surface area contributed by atoms with Crippen LogP contribution in [0.15, 0.2) is 18.7 Å². The second kappa shape index (κ2) is 5.85. The van der Waals surface area contributed by atoms with E-state index in [0.717, 1.165) is 32.4 Å². The second-order valence-corrected chi connectivity index (χ2v) is 5.67. The normalized spacial score (nSPS) is 30.3. The molecule has 1 aliphatic heterocycles. The Bertz CT molecular complexity index is 352. The van der Waals surface area contributed by atoms with Crippen LogP contribution in [0.2, 0.25) is 0 Å². The van der Waals surface area contributed by atoms with Crippen molar-refractivity contribution in [3.8, 4) is 0 Å². The van der Waals surface area contributed by atoms with Gasteiger partial charge in [0.1, 0.15) is 0 Å². The maximum atomic E-state index is 5.88. The molecule has 0 aliphatic carbocycles. The van der Waals surface area contributed by atoms with Crippen molar-refractivity contribution >= 4 is 0 Å². The van der Waals surface area contributed by atoms with Crippen LogP contribution in [0, 0.1) is 0 Å². The van der Waals surface area contributed by atoms with Crippen molar-refractivity contribution in [3.63, 3.8) is 0 Å². The number of aromatic nitrogens is 2. The zero-order chi connectivity index (χ0) is 13.0. The largest absolute Gasteiger partial charge is 0.375 e. The molecule has 1 aromatic rings. The summed E-state index contributed by atoms with van der Waals surface area (Å²) < 4.78 is 8.00. The summed E-state index contributed by atoms with van der Waals surface area (Å²) >= 11 is 0. The molecule has 0 radical (unpaired) electrons. The highest BCUT2D eigenvalue weighted by atomic mass is 16.5. The third-order valence-corrected chi connectivity index (χ3v) is 3.91. The maximum absolute atomic E-state index is 5.88. The molecule has 0 amide bonds. The van der Waals surface area contributed by atoms with Gasteiger partial charge in [-0.1, -0.05) is 6.92 Å². The molecule has 1 aliphatic rings. The van der Waals surface area contributed by atoms with Crippen molar-refractivity contribution < 1.29 is 4.74 Å². The number of hydrogen-bond acceptors (Lipinski definition) is 3. The number of imidazole rings is 1. The molecule has 1 aromatic heterocycles. The van der Waals surface area contributed by atoms with Gasteiger partial charge < -0.3 is 14.6 Å². The Kier molecular flexibility index (Phi) is 4.40. The molecule has 4 heteroatoms. The molecule has 2 heterocycles. The van der Waals surface area contributed by atoms with E-state index in [1.54, 1.807) is 0 Å². The molecular weight excluding hydrogens is 226 g/mol. The number of rotatable bonds is 5. The van der Waals surface area contributed by atoms with Gasteiger partial charge in [-0.25, -0.2) is 4.98 Å². The Morgan fingerprint density at radius 2 is 2.44 bits per heavy atom. The smallest absolute Gasteiger partial charge is 0.0946 e. The number of hydrogen-bond donors (Lipinski definition) is 1. The zero-order valence-electron chi connectivity index (χ0n) is 11.7. The van der Waals surface area contributed by atoms with Gasteiger partial charge in [0, 0.05) is 37.6 Å². The summed E-state index contributed by atoms with van der Waals surface area (Å²) in [6.07, 6.45) is 9.02. The van der Waals surface area contributed by atoms with Crippen LogP contribution in [-0.4, -0.2) is 33.8 Å². The highest BCUT2D eigenvalue weighted by Gasteiger charge is 2.31. The quantitative estimate of drug-likeness (QED) is 0.872. The fraction of sp³-hybridized carbons (Fsp3) is 0.786. The third-order valence-electron chi connectivity index (χ3n) is 3.91. The summed E-state index contributed by atoms with van der Waals surface area (Å²) in [5, 5.41) is 3.72. The molecule has 1 N–H and O–H groups in total. The minimum absolute atomic E-state index is 0.0602. The van der Waals surface area contributed by atoms with Crippen molar-refractivity contribution in [1.82, 2.24) is 14.9 Å². The first-order valence-corrected chi connectivity index (χ1v) is 6.97. The van der Waals surface area contributed by atoms with E-state index in [0.29, 0.717) is 12.1 Å². The minimum Gasteiger partial charge on any atom is -0.375 e. The molecule has 18 heavy (non-hydrogen) atoms. The summed E-state index contributed by atoms with van der Waals surface area (Å²) in [5.41, 5.74) is 0.0602. The molecule has 0 bridgehead atoms. The molecule has 4 nitrogen and oxygen atoms in total. The standard InChI is InChI=1S/C14H25N3O/c1-4-14(3)9-13(5-8-18-14)16-12(2)10-17-7-6-15-11-17/h6-7,11-13,16H,4-5,8-10H2,1-3H3. The molecule has 0 saturated carbocycles. The highest BCUT2D eigenvalue weighted by Crippen LogP contribution is 2.27. The third kappa shape index (κ3) is 3.56. The van der Waals surface area contributed by atoms with E-state index in [1.807, 2.05) is 18.7 Å².